The molecule has 0 spiro atoms. The summed E-state index contributed by atoms with van der Waals surface area (Å²) in [4.78, 5) is 4.51. The minimum Gasteiger partial charge on any atom is -0.385 e. The van der Waals surface area contributed by atoms with Crippen LogP contribution in [0.5, 0.6) is 0 Å². The summed E-state index contributed by atoms with van der Waals surface area (Å²) in [5.41, 5.74) is 1.38. The first-order chi connectivity index (χ1) is 9.17. The molecule has 2 fully saturated rings. The van der Waals surface area contributed by atoms with Gasteiger partial charge in [-0.25, -0.2) is 4.98 Å². The largest absolute Gasteiger partial charge is 0.385 e. The Morgan fingerprint density at radius 1 is 1.26 bits per heavy atom. The van der Waals surface area contributed by atoms with E-state index in [9.17, 15) is 5.11 Å². The molecule has 1 heterocycles. The lowest BCUT2D eigenvalue weighted by molar-refractivity contribution is -0.0169. The molecule has 2 nitrogen and oxygen atoms in total. The predicted octanol–water partition coefficient (Wildman–Crippen LogP) is 4.00. The Kier molecular flexibility index (Phi) is 2.52. The molecule has 0 amide bonds. The topological polar surface area (TPSA) is 33.1 Å². The van der Waals surface area contributed by atoms with Crippen molar-refractivity contribution in [3.05, 3.63) is 40.5 Å². The van der Waals surface area contributed by atoms with E-state index in [0.717, 1.165) is 33.9 Å². The van der Waals surface area contributed by atoms with Crippen molar-refractivity contribution in [3.63, 3.8) is 0 Å². The zero-order chi connectivity index (χ0) is 13.0. The number of rotatable bonds is 1. The average molecular weight is 318 g/mol. The predicted molar refractivity (Wildman–Crippen MR) is 78.8 cm³/mol. The van der Waals surface area contributed by atoms with Gasteiger partial charge < -0.3 is 5.11 Å². The van der Waals surface area contributed by atoms with E-state index in [-0.39, 0.29) is 0 Å². The summed E-state index contributed by atoms with van der Waals surface area (Å²) in [6.45, 7) is 0. The number of nitrogens with zero attached hydrogens (tertiary/aromatic N) is 1. The number of aromatic nitrogens is 1. The molecule has 1 aromatic heterocycles. The Balaban J connectivity index is 1.96. The molecule has 98 valence electrons. The second kappa shape index (κ2) is 4.03. The highest BCUT2D eigenvalue weighted by molar-refractivity contribution is 9.10. The van der Waals surface area contributed by atoms with Gasteiger partial charge in [0.15, 0.2) is 0 Å². The molecular formula is C16H16BrNO. The van der Waals surface area contributed by atoms with Crippen LogP contribution in [0.15, 0.2) is 34.9 Å². The lowest BCUT2D eigenvalue weighted by Gasteiger charge is -2.34. The zero-order valence-electron chi connectivity index (χ0n) is 10.6. The third-order valence-corrected chi connectivity index (χ3v) is 5.37. The van der Waals surface area contributed by atoms with E-state index < -0.39 is 5.60 Å². The second-order valence-electron chi connectivity index (χ2n) is 6.01. The van der Waals surface area contributed by atoms with Crippen molar-refractivity contribution in [1.82, 2.24) is 4.98 Å². The van der Waals surface area contributed by atoms with E-state index in [1.54, 1.807) is 0 Å². The second-order valence-corrected chi connectivity index (χ2v) is 6.83. The van der Waals surface area contributed by atoms with E-state index in [2.05, 4.69) is 27.0 Å². The fraction of sp³-hybridized carbons (Fsp3) is 0.438. The first-order valence-electron chi connectivity index (χ1n) is 6.95. The summed E-state index contributed by atoms with van der Waals surface area (Å²) in [6.07, 6.45) is 4.55. The minimum atomic E-state index is -0.645. The molecule has 2 aliphatic rings. The molecule has 2 aromatic rings. The van der Waals surface area contributed by atoms with Crippen molar-refractivity contribution >= 4 is 26.8 Å². The van der Waals surface area contributed by atoms with Crippen LogP contribution in [0.3, 0.4) is 0 Å². The average Bonchev–Trinajstić information content (AvgIpc) is 2.98. The van der Waals surface area contributed by atoms with Gasteiger partial charge in [0.2, 0.25) is 0 Å². The van der Waals surface area contributed by atoms with Gasteiger partial charge in [0, 0.05) is 5.39 Å². The molecule has 3 unspecified atom stereocenters. The third-order valence-electron chi connectivity index (χ3n) is 4.97. The minimum absolute atomic E-state index is 0.426. The number of pyridine rings is 1. The summed E-state index contributed by atoms with van der Waals surface area (Å²) in [5.74, 6) is 1.14. The van der Waals surface area contributed by atoms with Crippen LogP contribution >= 0.6 is 15.9 Å². The normalized spacial score (nSPS) is 33.2. The van der Waals surface area contributed by atoms with Gasteiger partial charge in [-0.15, -0.1) is 0 Å². The van der Waals surface area contributed by atoms with Gasteiger partial charge in [-0.05, 0) is 71.1 Å². The standard InChI is InChI=1S/C16H16BrNO/c17-15-8-13(12-3-1-2-4-14(12)18-15)16(19)9-10-5-6-11(16)7-10/h1-4,8,10-11,19H,5-7,9H2. The molecule has 2 aliphatic carbocycles. The first-order valence-corrected chi connectivity index (χ1v) is 7.74. The van der Waals surface area contributed by atoms with E-state index in [1.165, 1.54) is 12.8 Å². The highest BCUT2D eigenvalue weighted by Gasteiger charge is 2.51. The lowest BCUT2D eigenvalue weighted by atomic mass is 9.78. The van der Waals surface area contributed by atoms with Crippen molar-refractivity contribution in [2.45, 2.75) is 31.3 Å². The Morgan fingerprint density at radius 3 is 2.84 bits per heavy atom. The monoisotopic (exact) mass is 317 g/mol. The van der Waals surface area contributed by atoms with Gasteiger partial charge in [0.25, 0.3) is 0 Å². The van der Waals surface area contributed by atoms with Crippen molar-refractivity contribution in [2.75, 3.05) is 0 Å². The molecule has 3 heteroatoms. The number of hydrogen-bond acceptors (Lipinski definition) is 2. The smallest absolute Gasteiger partial charge is 0.107 e. The van der Waals surface area contributed by atoms with E-state index in [0.29, 0.717) is 11.8 Å². The van der Waals surface area contributed by atoms with Crippen LogP contribution in [-0.2, 0) is 5.60 Å². The summed E-state index contributed by atoms with van der Waals surface area (Å²) >= 11 is 3.49. The molecule has 0 saturated heterocycles. The van der Waals surface area contributed by atoms with Gasteiger partial charge in [0.1, 0.15) is 4.60 Å². The van der Waals surface area contributed by atoms with Gasteiger partial charge in [0.05, 0.1) is 11.1 Å². The highest BCUT2D eigenvalue weighted by atomic mass is 79.9. The van der Waals surface area contributed by atoms with Gasteiger partial charge >= 0.3 is 0 Å². The van der Waals surface area contributed by atoms with Gasteiger partial charge in [-0.1, -0.05) is 18.2 Å². The molecule has 0 radical (unpaired) electrons. The van der Waals surface area contributed by atoms with Crippen molar-refractivity contribution in [3.8, 4) is 0 Å². The first kappa shape index (κ1) is 11.9. The summed E-state index contributed by atoms with van der Waals surface area (Å²) in [6, 6.07) is 10.1. The molecule has 1 aromatic carbocycles. The maximum Gasteiger partial charge on any atom is 0.107 e. The molecule has 19 heavy (non-hydrogen) atoms. The summed E-state index contributed by atoms with van der Waals surface area (Å²) < 4.78 is 0.817. The van der Waals surface area contributed by atoms with Crippen LogP contribution in [0.4, 0.5) is 0 Å². The number of benzene rings is 1. The summed E-state index contributed by atoms with van der Waals surface area (Å²) in [7, 11) is 0. The fourth-order valence-electron chi connectivity index (χ4n) is 4.13. The Hall–Kier alpha value is -0.930. The van der Waals surface area contributed by atoms with Crippen molar-refractivity contribution in [2.24, 2.45) is 11.8 Å². The molecular weight excluding hydrogens is 302 g/mol. The SMILES string of the molecule is OC1(c2cc(Br)nc3ccccc23)CC2CCC1C2. The van der Waals surface area contributed by atoms with Crippen molar-refractivity contribution < 1.29 is 5.11 Å². The fourth-order valence-corrected chi connectivity index (χ4v) is 4.55. The third kappa shape index (κ3) is 1.68. The number of para-hydroxylation sites is 1. The van der Waals surface area contributed by atoms with Gasteiger partial charge in [-0.3, -0.25) is 0 Å². The van der Waals surface area contributed by atoms with Crippen LogP contribution in [0.25, 0.3) is 10.9 Å². The number of halogens is 1. The van der Waals surface area contributed by atoms with E-state index in [1.807, 2.05) is 24.3 Å². The van der Waals surface area contributed by atoms with Crippen LogP contribution in [0.1, 0.15) is 31.2 Å². The Labute approximate surface area is 121 Å². The van der Waals surface area contributed by atoms with Crippen molar-refractivity contribution in [1.29, 1.82) is 0 Å². The highest BCUT2D eigenvalue weighted by Crippen LogP contribution is 2.56. The molecule has 1 N–H and O–H groups in total. The number of aliphatic hydroxyl groups is 1. The van der Waals surface area contributed by atoms with Crippen LogP contribution in [0, 0.1) is 11.8 Å². The van der Waals surface area contributed by atoms with Crippen LogP contribution < -0.4 is 0 Å². The lowest BCUT2D eigenvalue weighted by Crippen LogP contribution is -2.32. The maximum absolute atomic E-state index is 11.2. The molecule has 2 saturated carbocycles. The van der Waals surface area contributed by atoms with E-state index in [4.69, 9.17) is 0 Å². The zero-order valence-corrected chi connectivity index (χ0v) is 12.2. The molecule has 4 rings (SSSR count). The summed E-state index contributed by atoms with van der Waals surface area (Å²) in [5, 5.41) is 12.3. The van der Waals surface area contributed by atoms with Gasteiger partial charge in [-0.2, -0.15) is 0 Å². The Bertz CT molecular complexity index is 656. The quantitative estimate of drug-likeness (QED) is 0.806. The Morgan fingerprint density at radius 2 is 2.11 bits per heavy atom. The maximum atomic E-state index is 11.2. The number of fused-ring (bicyclic) bond motifs is 3. The molecule has 3 atom stereocenters. The van der Waals surface area contributed by atoms with Crippen LogP contribution in [0.2, 0.25) is 0 Å². The van der Waals surface area contributed by atoms with Crippen LogP contribution in [-0.4, -0.2) is 10.1 Å². The number of hydrogen-bond donors (Lipinski definition) is 1. The molecule has 0 aliphatic heterocycles. The molecule has 2 bridgehead atoms. The van der Waals surface area contributed by atoms with E-state index >= 15 is 0 Å².